The molecule has 5 nitrogen and oxygen atoms in total. The molecule has 1 atom stereocenters. The second-order valence-corrected chi connectivity index (χ2v) is 4.72. The number of nitrogens with one attached hydrogen (secondary N) is 1. The minimum absolute atomic E-state index is 0.0177. The average Bonchev–Trinajstić information content (AvgIpc) is 2.47. The predicted molar refractivity (Wildman–Crippen MR) is 80.1 cm³/mol. The van der Waals surface area contributed by atoms with Crippen LogP contribution in [0, 0.1) is 0 Å². The second kappa shape index (κ2) is 6.09. The highest BCUT2D eigenvalue weighted by Crippen LogP contribution is 2.23. The quantitative estimate of drug-likeness (QED) is 0.803. The molecule has 2 aromatic carbocycles. The number of rotatable bonds is 4. The Kier molecular flexibility index (Phi) is 4.23. The van der Waals surface area contributed by atoms with E-state index in [1.54, 1.807) is 6.92 Å². The minimum atomic E-state index is -0.719. The van der Waals surface area contributed by atoms with E-state index in [1.807, 2.05) is 30.3 Å². The molecule has 21 heavy (non-hydrogen) atoms. The molecule has 0 radical (unpaired) electrons. The fourth-order valence-corrected chi connectivity index (χ4v) is 1.96. The summed E-state index contributed by atoms with van der Waals surface area (Å²) >= 11 is 0. The van der Waals surface area contributed by atoms with Crippen molar-refractivity contribution in [3.63, 3.8) is 0 Å². The summed E-state index contributed by atoms with van der Waals surface area (Å²) in [6.45, 7) is 1.79. The van der Waals surface area contributed by atoms with Crippen molar-refractivity contribution in [3.8, 4) is 5.75 Å². The number of carbonyl (C=O) groups is 2. The van der Waals surface area contributed by atoms with Crippen LogP contribution in [0.3, 0.4) is 0 Å². The molecule has 0 bridgehead atoms. The van der Waals surface area contributed by atoms with Gasteiger partial charge >= 0.3 is 0 Å². The first kappa shape index (κ1) is 14.6. The van der Waals surface area contributed by atoms with Crippen LogP contribution in [0.25, 0.3) is 0 Å². The largest absolute Gasteiger partial charge is 0.507 e. The zero-order valence-electron chi connectivity index (χ0n) is 11.5. The zero-order chi connectivity index (χ0) is 15.4. The number of hydrogen-bond acceptors (Lipinski definition) is 3. The Morgan fingerprint density at radius 3 is 2.38 bits per heavy atom. The Labute approximate surface area is 122 Å². The highest BCUT2D eigenvalue weighted by molar-refractivity contribution is 5.98. The van der Waals surface area contributed by atoms with Gasteiger partial charge in [-0.3, -0.25) is 9.59 Å². The number of aromatic hydroxyl groups is 1. The summed E-state index contributed by atoms with van der Waals surface area (Å²) in [5.74, 6) is -1.51. The van der Waals surface area contributed by atoms with Gasteiger partial charge in [0, 0.05) is 11.8 Å². The maximum Gasteiger partial charge on any atom is 0.252 e. The van der Waals surface area contributed by atoms with Gasteiger partial charge in [-0.2, -0.15) is 0 Å². The lowest BCUT2D eigenvalue weighted by atomic mass is 10.0. The Balaban J connectivity index is 2.13. The molecule has 4 N–H and O–H groups in total. The lowest BCUT2D eigenvalue weighted by molar-refractivity contribution is -0.117. The first-order valence-corrected chi connectivity index (χ1v) is 6.47. The third kappa shape index (κ3) is 3.39. The van der Waals surface area contributed by atoms with E-state index in [-0.39, 0.29) is 23.1 Å². The molecule has 0 aliphatic rings. The molecule has 0 saturated carbocycles. The first-order chi connectivity index (χ1) is 9.99. The van der Waals surface area contributed by atoms with Crippen LogP contribution in [0.5, 0.6) is 5.75 Å². The Morgan fingerprint density at radius 1 is 1.14 bits per heavy atom. The smallest absolute Gasteiger partial charge is 0.252 e. The van der Waals surface area contributed by atoms with Gasteiger partial charge in [-0.25, -0.2) is 0 Å². The van der Waals surface area contributed by atoms with Crippen LogP contribution in [-0.4, -0.2) is 16.9 Å². The van der Waals surface area contributed by atoms with Gasteiger partial charge in [0.15, 0.2) is 0 Å². The third-order valence-corrected chi connectivity index (χ3v) is 3.22. The molecule has 0 spiro atoms. The lowest BCUT2D eigenvalue weighted by Crippen LogP contribution is -2.19. The highest BCUT2D eigenvalue weighted by Gasteiger charge is 2.16. The van der Waals surface area contributed by atoms with Crippen molar-refractivity contribution in [2.75, 3.05) is 5.32 Å². The topological polar surface area (TPSA) is 92.4 Å². The van der Waals surface area contributed by atoms with Gasteiger partial charge in [0.1, 0.15) is 5.75 Å². The van der Waals surface area contributed by atoms with Gasteiger partial charge in [-0.15, -0.1) is 0 Å². The molecular formula is C16H16N2O3. The lowest BCUT2D eigenvalue weighted by Gasteiger charge is -2.13. The fourth-order valence-electron chi connectivity index (χ4n) is 1.96. The number of carbonyl (C=O) groups excluding carboxylic acids is 2. The normalized spacial score (nSPS) is 11.7. The molecule has 0 aromatic heterocycles. The third-order valence-electron chi connectivity index (χ3n) is 3.22. The summed E-state index contributed by atoms with van der Waals surface area (Å²) in [6.07, 6.45) is 0. The molecule has 108 valence electrons. The van der Waals surface area contributed by atoms with Gasteiger partial charge in [0.2, 0.25) is 5.91 Å². The van der Waals surface area contributed by atoms with Crippen molar-refractivity contribution in [3.05, 3.63) is 59.7 Å². The van der Waals surface area contributed by atoms with Crippen LogP contribution in [0.4, 0.5) is 5.69 Å². The maximum absolute atomic E-state index is 12.2. The first-order valence-electron chi connectivity index (χ1n) is 6.47. The highest BCUT2D eigenvalue weighted by atomic mass is 16.3. The Hall–Kier alpha value is -2.82. The standard InChI is InChI=1S/C16H16N2O3/c1-10(11-5-3-2-4-6-11)16(21)18-12-7-8-13(15(17)20)14(19)9-12/h2-10,19H,1H3,(H2,17,20)(H,18,21). The number of anilines is 1. The molecule has 2 rings (SSSR count). The molecule has 2 amide bonds. The number of primary amides is 1. The van der Waals surface area contributed by atoms with E-state index in [2.05, 4.69) is 5.32 Å². The van der Waals surface area contributed by atoms with Crippen LogP contribution < -0.4 is 11.1 Å². The van der Waals surface area contributed by atoms with Crippen molar-refractivity contribution < 1.29 is 14.7 Å². The molecule has 0 aliphatic carbocycles. The molecular weight excluding hydrogens is 268 g/mol. The summed E-state index contributed by atoms with van der Waals surface area (Å²) in [5, 5.41) is 12.4. The van der Waals surface area contributed by atoms with E-state index in [9.17, 15) is 14.7 Å². The number of nitrogens with two attached hydrogens (primary N) is 1. The summed E-state index contributed by atoms with van der Waals surface area (Å²) in [6, 6.07) is 13.6. The molecule has 1 unspecified atom stereocenters. The maximum atomic E-state index is 12.2. The number of amides is 2. The summed E-state index contributed by atoms with van der Waals surface area (Å²) in [4.78, 5) is 23.2. The van der Waals surface area contributed by atoms with Crippen LogP contribution >= 0.6 is 0 Å². The zero-order valence-corrected chi connectivity index (χ0v) is 11.5. The number of phenols is 1. The van der Waals surface area contributed by atoms with Crippen molar-refractivity contribution in [2.45, 2.75) is 12.8 Å². The second-order valence-electron chi connectivity index (χ2n) is 4.72. The van der Waals surface area contributed by atoms with Crippen molar-refractivity contribution in [1.29, 1.82) is 0 Å². The van der Waals surface area contributed by atoms with E-state index >= 15 is 0 Å². The Morgan fingerprint density at radius 2 is 1.81 bits per heavy atom. The Bertz CT molecular complexity index is 668. The van der Waals surface area contributed by atoms with E-state index in [0.717, 1.165) is 5.56 Å². The van der Waals surface area contributed by atoms with Crippen molar-refractivity contribution in [2.24, 2.45) is 5.73 Å². The molecule has 0 heterocycles. The molecule has 0 aliphatic heterocycles. The molecule has 2 aromatic rings. The monoisotopic (exact) mass is 284 g/mol. The average molecular weight is 284 g/mol. The van der Waals surface area contributed by atoms with E-state index in [4.69, 9.17) is 5.73 Å². The molecule has 0 saturated heterocycles. The number of hydrogen-bond donors (Lipinski definition) is 3. The van der Waals surface area contributed by atoms with E-state index < -0.39 is 5.91 Å². The van der Waals surface area contributed by atoms with Gasteiger partial charge < -0.3 is 16.2 Å². The van der Waals surface area contributed by atoms with Gasteiger partial charge in [0.05, 0.1) is 11.5 Å². The number of benzene rings is 2. The van der Waals surface area contributed by atoms with Crippen LogP contribution in [0.15, 0.2) is 48.5 Å². The summed E-state index contributed by atoms with van der Waals surface area (Å²) < 4.78 is 0. The van der Waals surface area contributed by atoms with E-state index in [0.29, 0.717) is 5.69 Å². The molecule has 5 heteroatoms. The van der Waals surface area contributed by atoms with Crippen LogP contribution in [-0.2, 0) is 4.79 Å². The summed E-state index contributed by atoms with van der Waals surface area (Å²) in [7, 11) is 0. The van der Waals surface area contributed by atoms with Crippen LogP contribution in [0.1, 0.15) is 28.8 Å². The van der Waals surface area contributed by atoms with E-state index in [1.165, 1.54) is 18.2 Å². The molecule has 0 fully saturated rings. The van der Waals surface area contributed by atoms with Crippen molar-refractivity contribution >= 4 is 17.5 Å². The van der Waals surface area contributed by atoms with Gasteiger partial charge in [0.25, 0.3) is 5.91 Å². The SMILES string of the molecule is CC(C(=O)Nc1ccc(C(N)=O)c(O)c1)c1ccccc1. The van der Waals surface area contributed by atoms with Gasteiger partial charge in [-0.1, -0.05) is 30.3 Å². The van der Waals surface area contributed by atoms with Crippen molar-refractivity contribution in [1.82, 2.24) is 0 Å². The van der Waals surface area contributed by atoms with Crippen LogP contribution in [0.2, 0.25) is 0 Å². The summed E-state index contributed by atoms with van der Waals surface area (Å²) in [5.41, 5.74) is 6.43. The minimum Gasteiger partial charge on any atom is -0.507 e. The fraction of sp³-hybridized carbons (Fsp3) is 0.125. The predicted octanol–water partition coefficient (Wildman–Crippen LogP) is 2.23. The van der Waals surface area contributed by atoms with Gasteiger partial charge in [-0.05, 0) is 24.6 Å².